The van der Waals surface area contributed by atoms with Crippen molar-refractivity contribution >= 4 is 45.0 Å². The van der Waals surface area contributed by atoms with E-state index in [4.69, 9.17) is 4.98 Å². The zero-order chi connectivity index (χ0) is 28.5. The van der Waals surface area contributed by atoms with Gasteiger partial charge in [-0.3, -0.25) is 14.4 Å². The van der Waals surface area contributed by atoms with E-state index in [1.165, 1.54) is 10.5 Å². The van der Waals surface area contributed by atoms with E-state index in [2.05, 4.69) is 13.0 Å². The fourth-order valence-electron chi connectivity index (χ4n) is 5.28. The van der Waals surface area contributed by atoms with E-state index in [1.807, 2.05) is 79.7 Å². The van der Waals surface area contributed by atoms with Gasteiger partial charge in [-0.25, -0.2) is 9.88 Å². The average Bonchev–Trinajstić information content (AvgIpc) is 3.53. The van der Waals surface area contributed by atoms with Crippen LogP contribution in [0.5, 0.6) is 0 Å². The Labute approximate surface area is 242 Å². The molecule has 4 aromatic carbocycles. The molecule has 0 bridgehead atoms. The second kappa shape index (κ2) is 11.1. The Kier molecular flexibility index (Phi) is 7.20. The molecular formula is C34H29N3O3S. The molecule has 0 radical (unpaired) electrons. The van der Waals surface area contributed by atoms with Crippen molar-refractivity contribution < 1.29 is 14.4 Å². The SMILES string of the molecule is Cc1cccc(C(=O)N(CCc2ccccc2)C2CC(=O)N(c3ccc(-c4nc5ccc(C)cc5s4)cc3)C2=O)c1. The predicted octanol–water partition coefficient (Wildman–Crippen LogP) is 6.60. The monoisotopic (exact) mass is 559 g/mol. The first kappa shape index (κ1) is 26.6. The molecule has 1 saturated heterocycles. The maximum absolute atomic E-state index is 13.8. The van der Waals surface area contributed by atoms with Gasteiger partial charge in [0.25, 0.3) is 11.8 Å². The van der Waals surface area contributed by atoms with Gasteiger partial charge in [0.1, 0.15) is 11.0 Å². The molecule has 0 spiro atoms. The van der Waals surface area contributed by atoms with Crippen molar-refractivity contribution in [2.45, 2.75) is 32.7 Å². The average molecular weight is 560 g/mol. The third-order valence-electron chi connectivity index (χ3n) is 7.43. The van der Waals surface area contributed by atoms with Crippen LogP contribution in [0.2, 0.25) is 0 Å². The van der Waals surface area contributed by atoms with Crippen molar-refractivity contribution in [2.24, 2.45) is 0 Å². The number of benzene rings is 4. The molecule has 2 heterocycles. The van der Waals surface area contributed by atoms with Gasteiger partial charge in [0, 0.05) is 17.7 Å². The third kappa shape index (κ3) is 5.41. The molecule has 6 nitrogen and oxygen atoms in total. The summed E-state index contributed by atoms with van der Waals surface area (Å²) in [5.41, 5.74) is 6.06. The van der Waals surface area contributed by atoms with Crippen LogP contribution in [0.25, 0.3) is 20.8 Å². The first-order valence-corrected chi connectivity index (χ1v) is 14.4. The van der Waals surface area contributed by atoms with E-state index in [0.29, 0.717) is 24.2 Å². The number of aromatic nitrogens is 1. The summed E-state index contributed by atoms with van der Waals surface area (Å²) in [4.78, 5) is 48.3. The maximum Gasteiger partial charge on any atom is 0.257 e. The van der Waals surface area contributed by atoms with Gasteiger partial charge in [0.2, 0.25) is 5.91 Å². The van der Waals surface area contributed by atoms with Crippen LogP contribution >= 0.6 is 11.3 Å². The minimum Gasteiger partial charge on any atom is -0.326 e. The van der Waals surface area contributed by atoms with Crippen molar-refractivity contribution in [3.8, 4) is 10.6 Å². The molecule has 1 atom stereocenters. The summed E-state index contributed by atoms with van der Waals surface area (Å²) in [5, 5.41) is 0.880. The smallest absolute Gasteiger partial charge is 0.257 e. The quantitative estimate of drug-likeness (QED) is 0.211. The molecule has 204 valence electrons. The van der Waals surface area contributed by atoms with E-state index >= 15 is 0 Å². The lowest BCUT2D eigenvalue weighted by molar-refractivity contribution is -0.122. The second-order valence-electron chi connectivity index (χ2n) is 10.4. The molecule has 41 heavy (non-hydrogen) atoms. The number of hydrogen-bond acceptors (Lipinski definition) is 5. The van der Waals surface area contributed by atoms with E-state index in [9.17, 15) is 14.4 Å². The van der Waals surface area contributed by atoms with E-state index < -0.39 is 6.04 Å². The number of carbonyl (C=O) groups is 3. The van der Waals surface area contributed by atoms with E-state index in [0.717, 1.165) is 31.9 Å². The molecule has 5 aromatic rings. The third-order valence-corrected chi connectivity index (χ3v) is 8.49. The maximum atomic E-state index is 13.8. The number of hydrogen-bond donors (Lipinski definition) is 0. The Morgan fingerprint density at radius 3 is 2.41 bits per heavy atom. The van der Waals surface area contributed by atoms with Crippen LogP contribution in [0.1, 0.15) is 33.5 Å². The van der Waals surface area contributed by atoms with Gasteiger partial charge in [-0.15, -0.1) is 11.3 Å². The van der Waals surface area contributed by atoms with Gasteiger partial charge in [-0.05, 0) is 79.9 Å². The Morgan fingerprint density at radius 1 is 0.902 bits per heavy atom. The summed E-state index contributed by atoms with van der Waals surface area (Å²) in [7, 11) is 0. The molecule has 1 aromatic heterocycles. The molecule has 7 heteroatoms. The van der Waals surface area contributed by atoms with Gasteiger partial charge < -0.3 is 4.90 Å². The molecule has 6 rings (SSSR count). The van der Waals surface area contributed by atoms with E-state index in [-0.39, 0.29) is 24.1 Å². The minimum atomic E-state index is -0.869. The van der Waals surface area contributed by atoms with Crippen molar-refractivity contribution in [3.05, 3.63) is 119 Å². The highest BCUT2D eigenvalue weighted by molar-refractivity contribution is 7.21. The number of nitrogens with zero attached hydrogens (tertiary/aromatic N) is 3. The highest BCUT2D eigenvalue weighted by Gasteiger charge is 2.44. The Hall–Kier alpha value is -4.62. The summed E-state index contributed by atoms with van der Waals surface area (Å²) < 4.78 is 1.12. The molecule has 0 aliphatic carbocycles. The number of fused-ring (bicyclic) bond motifs is 1. The van der Waals surface area contributed by atoms with Gasteiger partial charge in [-0.1, -0.05) is 54.1 Å². The van der Waals surface area contributed by atoms with Crippen molar-refractivity contribution in [1.82, 2.24) is 9.88 Å². The number of imide groups is 1. The summed E-state index contributed by atoms with van der Waals surface area (Å²) in [6, 6.07) is 29.8. The van der Waals surface area contributed by atoms with Crippen molar-refractivity contribution in [1.29, 1.82) is 0 Å². The lowest BCUT2D eigenvalue weighted by Gasteiger charge is -2.28. The molecular weight excluding hydrogens is 530 g/mol. The summed E-state index contributed by atoms with van der Waals surface area (Å²) in [5.74, 6) is -0.948. The molecule has 0 saturated carbocycles. The highest BCUT2D eigenvalue weighted by Crippen LogP contribution is 2.33. The zero-order valence-electron chi connectivity index (χ0n) is 22.9. The fourth-order valence-corrected chi connectivity index (χ4v) is 6.35. The standard InChI is InChI=1S/C34H29N3O3S/c1-22-7-6-10-26(19-22)33(39)36(18-17-24-8-4-3-5-9-24)29-21-31(38)37(34(29)40)27-14-12-25(13-15-27)32-35-28-16-11-23(2)20-30(28)41-32/h3-16,19-20,29H,17-18,21H2,1-2H3. The summed E-state index contributed by atoms with van der Waals surface area (Å²) >= 11 is 1.61. The van der Waals surface area contributed by atoms with Crippen LogP contribution < -0.4 is 4.90 Å². The number of rotatable bonds is 7. The van der Waals surface area contributed by atoms with Crippen LogP contribution in [-0.2, 0) is 16.0 Å². The number of thiazole rings is 1. The van der Waals surface area contributed by atoms with Gasteiger partial charge >= 0.3 is 0 Å². The van der Waals surface area contributed by atoms with Crippen LogP contribution in [0.4, 0.5) is 5.69 Å². The Balaban J connectivity index is 1.26. The topological polar surface area (TPSA) is 70.6 Å². The Morgan fingerprint density at radius 2 is 1.66 bits per heavy atom. The molecule has 1 aliphatic rings. The van der Waals surface area contributed by atoms with Crippen LogP contribution in [0, 0.1) is 13.8 Å². The second-order valence-corrected chi connectivity index (χ2v) is 11.5. The molecule has 0 N–H and O–H groups in total. The van der Waals surface area contributed by atoms with Crippen LogP contribution in [0.15, 0.2) is 97.1 Å². The van der Waals surface area contributed by atoms with Gasteiger partial charge in [0.05, 0.1) is 22.3 Å². The number of anilines is 1. The van der Waals surface area contributed by atoms with Gasteiger partial charge in [-0.2, -0.15) is 0 Å². The largest absolute Gasteiger partial charge is 0.326 e. The molecule has 1 fully saturated rings. The van der Waals surface area contributed by atoms with Crippen LogP contribution in [0.3, 0.4) is 0 Å². The highest BCUT2D eigenvalue weighted by atomic mass is 32.1. The summed E-state index contributed by atoms with van der Waals surface area (Å²) in [6.07, 6.45) is 0.525. The molecule has 3 amide bonds. The minimum absolute atomic E-state index is 0.0514. The first-order valence-electron chi connectivity index (χ1n) is 13.6. The number of amides is 3. The first-order chi connectivity index (χ1) is 19.9. The molecule has 1 aliphatic heterocycles. The normalized spacial score (nSPS) is 15.1. The molecule has 1 unspecified atom stereocenters. The lowest BCUT2D eigenvalue weighted by Crippen LogP contribution is -2.46. The fraction of sp³-hybridized carbons (Fsp3) is 0.176. The lowest BCUT2D eigenvalue weighted by atomic mass is 10.1. The van der Waals surface area contributed by atoms with Crippen molar-refractivity contribution in [2.75, 3.05) is 11.4 Å². The predicted molar refractivity (Wildman–Crippen MR) is 163 cm³/mol. The zero-order valence-corrected chi connectivity index (χ0v) is 23.7. The van der Waals surface area contributed by atoms with Crippen molar-refractivity contribution in [3.63, 3.8) is 0 Å². The number of carbonyl (C=O) groups excluding carboxylic acids is 3. The Bertz CT molecular complexity index is 1760. The van der Waals surface area contributed by atoms with Crippen LogP contribution in [-0.4, -0.2) is 40.2 Å². The van der Waals surface area contributed by atoms with Gasteiger partial charge in [0.15, 0.2) is 0 Å². The number of aryl methyl sites for hydroxylation is 2. The van der Waals surface area contributed by atoms with E-state index in [1.54, 1.807) is 34.4 Å². The summed E-state index contributed by atoms with van der Waals surface area (Å²) in [6.45, 7) is 4.31.